The first-order valence-corrected chi connectivity index (χ1v) is 3.19. The van der Waals surface area contributed by atoms with Crippen LogP contribution in [0.1, 0.15) is 26.2 Å². The van der Waals surface area contributed by atoms with Gasteiger partial charge in [0, 0.05) is 13.7 Å². The average Bonchev–Trinajstić information content (AvgIpc) is 1.94. The van der Waals surface area contributed by atoms with E-state index in [0.29, 0.717) is 0 Å². The molecule has 0 N–H and O–H groups in total. The fourth-order valence-corrected chi connectivity index (χ4v) is 0.496. The molecule has 0 aromatic rings. The number of carbonyl (C=O) groups is 1. The van der Waals surface area contributed by atoms with E-state index >= 15 is 0 Å². The molecule has 0 heterocycles. The standard InChI is InChI=1S/C6H14O.CH2O/c1-3-4-5-6-7-2;1-2/h3-6H2,1-2H3;1H2. The van der Waals surface area contributed by atoms with Crippen molar-refractivity contribution in [3.05, 3.63) is 0 Å². The van der Waals surface area contributed by atoms with Gasteiger partial charge in [0.1, 0.15) is 6.79 Å². The summed E-state index contributed by atoms with van der Waals surface area (Å²) in [4.78, 5) is 8.00. The van der Waals surface area contributed by atoms with E-state index in [4.69, 9.17) is 9.53 Å². The van der Waals surface area contributed by atoms with Gasteiger partial charge in [0.2, 0.25) is 0 Å². The Balaban J connectivity index is 0. The average molecular weight is 132 g/mol. The number of hydrogen-bond acceptors (Lipinski definition) is 2. The molecular weight excluding hydrogens is 116 g/mol. The molecule has 0 aliphatic carbocycles. The third kappa shape index (κ3) is 18.4. The number of carbonyl (C=O) groups excluding carboxylic acids is 1. The van der Waals surface area contributed by atoms with Gasteiger partial charge in [-0.05, 0) is 6.42 Å². The summed E-state index contributed by atoms with van der Waals surface area (Å²) in [6.45, 7) is 5.11. The van der Waals surface area contributed by atoms with Crippen molar-refractivity contribution >= 4 is 6.79 Å². The quantitative estimate of drug-likeness (QED) is 0.543. The Kier molecular flexibility index (Phi) is 19.9. The monoisotopic (exact) mass is 132 g/mol. The first-order chi connectivity index (χ1) is 4.41. The summed E-state index contributed by atoms with van der Waals surface area (Å²) in [5.74, 6) is 0. The highest BCUT2D eigenvalue weighted by atomic mass is 16.5. The van der Waals surface area contributed by atoms with Crippen LogP contribution in [-0.2, 0) is 9.53 Å². The molecule has 0 aromatic heterocycles. The van der Waals surface area contributed by atoms with Gasteiger partial charge in [-0.3, -0.25) is 0 Å². The minimum atomic E-state index is 0.924. The molecule has 0 bridgehead atoms. The molecule has 0 radical (unpaired) electrons. The molecule has 0 saturated carbocycles. The lowest BCUT2D eigenvalue weighted by Crippen LogP contribution is -1.85. The van der Waals surface area contributed by atoms with Gasteiger partial charge in [-0.25, -0.2) is 0 Å². The predicted octanol–water partition coefficient (Wildman–Crippen LogP) is 1.64. The van der Waals surface area contributed by atoms with Crippen molar-refractivity contribution in [3.63, 3.8) is 0 Å². The lowest BCUT2D eigenvalue weighted by atomic mass is 10.3. The van der Waals surface area contributed by atoms with Crippen LogP contribution in [0.15, 0.2) is 0 Å². The van der Waals surface area contributed by atoms with E-state index in [2.05, 4.69) is 6.92 Å². The van der Waals surface area contributed by atoms with Crippen molar-refractivity contribution in [3.8, 4) is 0 Å². The predicted molar refractivity (Wildman–Crippen MR) is 38.5 cm³/mol. The summed E-state index contributed by atoms with van der Waals surface area (Å²) in [5.41, 5.74) is 0. The first kappa shape index (κ1) is 11.4. The van der Waals surface area contributed by atoms with E-state index in [0.717, 1.165) is 6.61 Å². The van der Waals surface area contributed by atoms with Crippen LogP contribution in [-0.4, -0.2) is 20.5 Å². The Hall–Kier alpha value is -0.370. The Bertz CT molecular complexity index is 33.9. The van der Waals surface area contributed by atoms with Crippen molar-refractivity contribution in [2.75, 3.05) is 13.7 Å². The van der Waals surface area contributed by atoms with E-state index in [1.165, 1.54) is 19.3 Å². The molecule has 0 aromatic carbocycles. The van der Waals surface area contributed by atoms with Crippen molar-refractivity contribution in [1.29, 1.82) is 0 Å². The van der Waals surface area contributed by atoms with Gasteiger partial charge >= 0.3 is 0 Å². The molecule has 0 fully saturated rings. The zero-order valence-electron chi connectivity index (χ0n) is 6.35. The summed E-state index contributed by atoms with van der Waals surface area (Å²) < 4.78 is 4.84. The molecule has 0 amide bonds. The van der Waals surface area contributed by atoms with Crippen molar-refractivity contribution in [1.82, 2.24) is 0 Å². The van der Waals surface area contributed by atoms with Crippen LogP contribution in [0.2, 0.25) is 0 Å². The summed E-state index contributed by atoms with van der Waals surface area (Å²) in [6.07, 6.45) is 3.80. The van der Waals surface area contributed by atoms with E-state index in [-0.39, 0.29) is 0 Å². The first-order valence-electron chi connectivity index (χ1n) is 3.19. The van der Waals surface area contributed by atoms with Crippen LogP contribution < -0.4 is 0 Å². The largest absolute Gasteiger partial charge is 0.385 e. The van der Waals surface area contributed by atoms with Gasteiger partial charge in [-0.15, -0.1) is 0 Å². The van der Waals surface area contributed by atoms with Gasteiger partial charge in [-0.1, -0.05) is 19.8 Å². The maximum Gasteiger partial charge on any atom is 0.106 e. The third-order valence-electron chi connectivity index (χ3n) is 0.952. The highest BCUT2D eigenvalue weighted by molar-refractivity contribution is 5.10. The summed E-state index contributed by atoms with van der Waals surface area (Å²) in [7, 11) is 1.75. The summed E-state index contributed by atoms with van der Waals surface area (Å²) >= 11 is 0. The summed E-state index contributed by atoms with van der Waals surface area (Å²) in [6, 6.07) is 0. The number of ether oxygens (including phenoxy) is 1. The molecule has 0 spiro atoms. The summed E-state index contributed by atoms with van der Waals surface area (Å²) in [5, 5.41) is 0. The van der Waals surface area contributed by atoms with E-state index in [1.807, 2.05) is 6.79 Å². The zero-order valence-corrected chi connectivity index (χ0v) is 6.35. The van der Waals surface area contributed by atoms with Crippen molar-refractivity contribution < 1.29 is 9.53 Å². The molecule has 56 valence electrons. The molecule has 0 saturated heterocycles. The fraction of sp³-hybridized carbons (Fsp3) is 0.857. The molecule has 2 nitrogen and oxygen atoms in total. The van der Waals surface area contributed by atoms with Crippen molar-refractivity contribution in [2.24, 2.45) is 0 Å². The minimum Gasteiger partial charge on any atom is -0.385 e. The molecule has 9 heavy (non-hydrogen) atoms. The second-order valence-electron chi connectivity index (χ2n) is 1.70. The van der Waals surface area contributed by atoms with Crippen LogP contribution in [0.5, 0.6) is 0 Å². The molecular formula is C7H16O2. The van der Waals surface area contributed by atoms with E-state index in [9.17, 15) is 0 Å². The minimum absolute atomic E-state index is 0.924. The van der Waals surface area contributed by atoms with E-state index in [1.54, 1.807) is 7.11 Å². The van der Waals surface area contributed by atoms with E-state index < -0.39 is 0 Å². The highest BCUT2D eigenvalue weighted by Gasteiger charge is 1.79. The Morgan fingerprint density at radius 2 is 1.89 bits per heavy atom. The molecule has 0 unspecified atom stereocenters. The fourth-order valence-electron chi connectivity index (χ4n) is 0.496. The zero-order chi connectivity index (χ0) is 7.54. The maximum absolute atomic E-state index is 8.00. The van der Waals surface area contributed by atoms with Gasteiger partial charge in [0.15, 0.2) is 0 Å². The van der Waals surface area contributed by atoms with Crippen LogP contribution >= 0.6 is 0 Å². The number of methoxy groups -OCH3 is 1. The van der Waals surface area contributed by atoms with Gasteiger partial charge in [0.05, 0.1) is 0 Å². The lowest BCUT2D eigenvalue weighted by Gasteiger charge is -1.92. The third-order valence-corrected chi connectivity index (χ3v) is 0.952. The number of unbranched alkanes of at least 4 members (excludes halogenated alkanes) is 2. The molecule has 0 rings (SSSR count). The Morgan fingerprint density at radius 1 is 1.33 bits per heavy atom. The maximum atomic E-state index is 8.00. The SMILES string of the molecule is C=O.CCCCCOC. The van der Waals surface area contributed by atoms with Crippen LogP contribution in [0, 0.1) is 0 Å². The normalized spacial score (nSPS) is 7.78. The second kappa shape index (κ2) is 15.6. The van der Waals surface area contributed by atoms with Gasteiger partial charge in [-0.2, -0.15) is 0 Å². The lowest BCUT2D eigenvalue weighted by molar-refractivity contribution is -0.0979. The highest BCUT2D eigenvalue weighted by Crippen LogP contribution is 1.91. The van der Waals surface area contributed by atoms with Crippen LogP contribution in [0.3, 0.4) is 0 Å². The number of hydrogen-bond donors (Lipinski definition) is 0. The molecule has 2 heteroatoms. The smallest absolute Gasteiger partial charge is 0.106 e. The topological polar surface area (TPSA) is 26.3 Å². The van der Waals surface area contributed by atoms with Gasteiger partial charge < -0.3 is 9.53 Å². The van der Waals surface area contributed by atoms with Crippen molar-refractivity contribution in [2.45, 2.75) is 26.2 Å². The Morgan fingerprint density at radius 3 is 2.22 bits per heavy atom. The second-order valence-corrected chi connectivity index (χ2v) is 1.70. The van der Waals surface area contributed by atoms with Gasteiger partial charge in [0.25, 0.3) is 0 Å². The Labute approximate surface area is 57.2 Å². The van der Waals surface area contributed by atoms with Crippen LogP contribution in [0.4, 0.5) is 0 Å². The van der Waals surface area contributed by atoms with Crippen LogP contribution in [0.25, 0.3) is 0 Å². The molecule has 0 aliphatic rings. The number of rotatable bonds is 4. The molecule has 0 atom stereocenters. The molecule has 0 aliphatic heterocycles.